The smallest absolute Gasteiger partial charge is 0.258 e. The number of nitrogens with one attached hydrogen (secondary N) is 1. The Hall–Kier alpha value is -1.30. The quantitative estimate of drug-likeness (QED) is 0.853. The number of nitrogens with two attached hydrogens (primary N) is 1. The Morgan fingerprint density at radius 3 is 2.76 bits per heavy atom. The maximum absolute atomic E-state index is 12.1. The second-order valence-electron chi connectivity index (χ2n) is 4.72. The first kappa shape index (κ1) is 12.2. The molecule has 0 aliphatic heterocycles. The SMILES string of the molecule is CC(C)NC(=O)c1c(N)nsc1N(C)C1CC1. The molecule has 1 aromatic heterocycles. The molecule has 0 saturated heterocycles. The van der Waals surface area contributed by atoms with E-state index in [0.717, 1.165) is 5.00 Å². The predicted octanol–water partition coefficient (Wildman–Crippen LogP) is 1.46. The van der Waals surface area contributed by atoms with Gasteiger partial charge in [-0.05, 0) is 38.2 Å². The van der Waals surface area contributed by atoms with Crippen LogP contribution in [0, 0.1) is 0 Å². The van der Waals surface area contributed by atoms with Crippen LogP contribution in [0.3, 0.4) is 0 Å². The van der Waals surface area contributed by atoms with Crippen molar-refractivity contribution in [2.75, 3.05) is 17.7 Å². The highest BCUT2D eigenvalue weighted by Gasteiger charge is 2.31. The Balaban J connectivity index is 2.25. The van der Waals surface area contributed by atoms with Crippen LogP contribution >= 0.6 is 11.5 Å². The van der Waals surface area contributed by atoms with Crippen molar-refractivity contribution in [3.8, 4) is 0 Å². The fraction of sp³-hybridized carbons (Fsp3) is 0.636. The van der Waals surface area contributed by atoms with Crippen LogP contribution in [0.25, 0.3) is 0 Å². The number of aromatic nitrogens is 1. The summed E-state index contributed by atoms with van der Waals surface area (Å²) >= 11 is 1.30. The monoisotopic (exact) mass is 254 g/mol. The number of hydrogen-bond donors (Lipinski definition) is 2. The van der Waals surface area contributed by atoms with Gasteiger partial charge in [-0.2, -0.15) is 4.37 Å². The van der Waals surface area contributed by atoms with Crippen molar-refractivity contribution in [3.05, 3.63) is 5.56 Å². The standard InChI is InChI=1S/C11H18N4OS/c1-6(2)13-10(16)8-9(12)14-17-11(8)15(3)7-4-5-7/h6-7H,4-5H2,1-3H3,(H2,12,14)(H,13,16). The van der Waals surface area contributed by atoms with Crippen molar-refractivity contribution in [1.29, 1.82) is 0 Å². The Morgan fingerprint density at radius 1 is 1.59 bits per heavy atom. The lowest BCUT2D eigenvalue weighted by atomic mass is 10.2. The number of rotatable bonds is 4. The van der Waals surface area contributed by atoms with Gasteiger partial charge in [-0.15, -0.1) is 0 Å². The van der Waals surface area contributed by atoms with Crippen molar-refractivity contribution in [3.63, 3.8) is 0 Å². The zero-order valence-corrected chi connectivity index (χ0v) is 11.2. The molecule has 1 fully saturated rings. The fourth-order valence-electron chi connectivity index (χ4n) is 1.71. The molecule has 6 heteroatoms. The van der Waals surface area contributed by atoms with Gasteiger partial charge in [0.2, 0.25) is 0 Å². The average molecular weight is 254 g/mol. The van der Waals surface area contributed by atoms with E-state index >= 15 is 0 Å². The maximum Gasteiger partial charge on any atom is 0.258 e. The minimum Gasteiger partial charge on any atom is -0.382 e. The summed E-state index contributed by atoms with van der Waals surface area (Å²) in [6.07, 6.45) is 2.36. The molecule has 17 heavy (non-hydrogen) atoms. The molecule has 0 spiro atoms. The first-order chi connectivity index (χ1) is 8.00. The molecule has 0 aromatic carbocycles. The molecule has 1 aromatic rings. The van der Waals surface area contributed by atoms with Gasteiger partial charge in [0.1, 0.15) is 10.6 Å². The Kier molecular flexibility index (Phi) is 3.24. The molecule has 94 valence electrons. The number of nitrogens with zero attached hydrogens (tertiary/aromatic N) is 2. The zero-order valence-electron chi connectivity index (χ0n) is 10.4. The molecule has 1 saturated carbocycles. The van der Waals surface area contributed by atoms with E-state index in [9.17, 15) is 4.79 Å². The number of nitrogen functional groups attached to an aromatic ring is 1. The molecule has 1 aliphatic carbocycles. The van der Waals surface area contributed by atoms with E-state index in [0.29, 0.717) is 17.4 Å². The summed E-state index contributed by atoms with van der Waals surface area (Å²) in [7, 11) is 2.00. The number of carbonyl (C=O) groups is 1. The van der Waals surface area contributed by atoms with Crippen LogP contribution in [0.2, 0.25) is 0 Å². The van der Waals surface area contributed by atoms with Crippen LogP contribution in [0.4, 0.5) is 10.8 Å². The summed E-state index contributed by atoms with van der Waals surface area (Å²) in [5, 5.41) is 3.74. The molecule has 0 unspecified atom stereocenters. The maximum atomic E-state index is 12.1. The van der Waals surface area contributed by atoms with Crippen molar-refractivity contribution in [1.82, 2.24) is 9.69 Å². The van der Waals surface area contributed by atoms with Crippen molar-refractivity contribution in [2.45, 2.75) is 38.8 Å². The molecular weight excluding hydrogens is 236 g/mol. The van der Waals surface area contributed by atoms with Crippen LogP contribution in [0.5, 0.6) is 0 Å². The van der Waals surface area contributed by atoms with E-state index in [2.05, 4.69) is 14.6 Å². The third-order valence-electron chi connectivity index (χ3n) is 2.76. The number of hydrogen-bond acceptors (Lipinski definition) is 5. The van der Waals surface area contributed by atoms with E-state index in [1.165, 1.54) is 24.4 Å². The van der Waals surface area contributed by atoms with Gasteiger partial charge in [-0.25, -0.2) is 0 Å². The van der Waals surface area contributed by atoms with E-state index < -0.39 is 0 Å². The first-order valence-electron chi connectivity index (χ1n) is 5.79. The average Bonchev–Trinajstić information content (AvgIpc) is 3.00. The van der Waals surface area contributed by atoms with Gasteiger partial charge in [-0.1, -0.05) is 0 Å². The predicted molar refractivity (Wildman–Crippen MR) is 70.6 cm³/mol. The van der Waals surface area contributed by atoms with Crippen LogP contribution in [-0.2, 0) is 0 Å². The van der Waals surface area contributed by atoms with Crippen LogP contribution in [-0.4, -0.2) is 29.4 Å². The van der Waals surface area contributed by atoms with Gasteiger partial charge in [0, 0.05) is 19.1 Å². The summed E-state index contributed by atoms with van der Waals surface area (Å²) in [5.74, 6) is 0.199. The minimum atomic E-state index is -0.131. The highest BCUT2D eigenvalue weighted by molar-refractivity contribution is 7.11. The molecular formula is C11H18N4OS. The van der Waals surface area contributed by atoms with E-state index in [4.69, 9.17) is 5.73 Å². The Bertz CT molecular complexity index is 425. The highest BCUT2D eigenvalue weighted by Crippen LogP contribution is 2.36. The summed E-state index contributed by atoms with van der Waals surface area (Å²) in [5.41, 5.74) is 6.31. The third kappa shape index (κ3) is 2.52. The van der Waals surface area contributed by atoms with Crippen molar-refractivity contribution in [2.24, 2.45) is 0 Å². The minimum absolute atomic E-state index is 0.0980. The second-order valence-corrected chi connectivity index (χ2v) is 5.47. The molecule has 0 bridgehead atoms. The summed E-state index contributed by atoms with van der Waals surface area (Å²) in [6.45, 7) is 3.86. The highest BCUT2D eigenvalue weighted by atomic mass is 32.1. The molecule has 0 radical (unpaired) electrons. The Morgan fingerprint density at radius 2 is 2.24 bits per heavy atom. The van der Waals surface area contributed by atoms with E-state index in [1.807, 2.05) is 20.9 Å². The van der Waals surface area contributed by atoms with Gasteiger partial charge in [0.05, 0.1) is 0 Å². The molecule has 1 aliphatic rings. The molecule has 0 atom stereocenters. The largest absolute Gasteiger partial charge is 0.382 e. The third-order valence-corrected chi connectivity index (χ3v) is 3.72. The summed E-state index contributed by atoms with van der Waals surface area (Å²) in [4.78, 5) is 14.2. The molecule has 1 heterocycles. The van der Waals surface area contributed by atoms with Crippen molar-refractivity contribution < 1.29 is 4.79 Å². The molecule has 1 amide bonds. The van der Waals surface area contributed by atoms with E-state index in [1.54, 1.807) is 0 Å². The molecule has 5 nitrogen and oxygen atoms in total. The van der Waals surface area contributed by atoms with Crippen LogP contribution < -0.4 is 16.0 Å². The summed E-state index contributed by atoms with van der Waals surface area (Å²) in [6, 6.07) is 0.640. The number of carbonyl (C=O) groups excluding carboxylic acids is 1. The topological polar surface area (TPSA) is 71.2 Å². The normalized spacial score (nSPS) is 15.1. The van der Waals surface area contributed by atoms with Crippen LogP contribution in [0.1, 0.15) is 37.0 Å². The lowest BCUT2D eigenvalue weighted by molar-refractivity contribution is 0.0945. The molecule has 2 rings (SSSR count). The van der Waals surface area contributed by atoms with Gasteiger partial charge in [-0.3, -0.25) is 4.79 Å². The first-order valence-corrected chi connectivity index (χ1v) is 6.57. The van der Waals surface area contributed by atoms with Gasteiger partial charge < -0.3 is 16.0 Å². The van der Waals surface area contributed by atoms with Crippen LogP contribution in [0.15, 0.2) is 0 Å². The number of anilines is 2. The van der Waals surface area contributed by atoms with E-state index in [-0.39, 0.29) is 11.9 Å². The van der Waals surface area contributed by atoms with Gasteiger partial charge in [0.15, 0.2) is 5.82 Å². The van der Waals surface area contributed by atoms with Crippen molar-refractivity contribution >= 4 is 28.3 Å². The second kappa shape index (κ2) is 4.52. The number of amides is 1. The summed E-state index contributed by atoms with van der Waals surface area (Å²) < 4.78 is 4.09. The van der Waals surface area contributed by atoms with Gasteiger partial charge in [0.25, 0.3) is 5.91 Å². The Labute approximate surface area is 105 Å². The lowest BCUT2D eigenvalue weighted by Crippen LogP contribution is -2.32. The lowest BCUT2D eigenvalue weighted by Gasteiger charge is -2.18. The fourth-order valence-corrected chi connectivity index (χ4v) is 2.55. The molecule has 3 N–H and O–H groups in total. The zero-order chi connectivity index (χ0) is 12.6. The van der Waals surface area contributed by atoms with Gasteiger partial charge >= 0.3 is 0 Å².